The molecule has 0 bridgehead atoms. The molecule has 1 atom stereocenters. The number of rotatable bonds is 6. The molecule has 1 saturated heterocycles. The largest absolute Gasteiger partial charge is 0.497 e. The normalized spacial score (nSPS) is 17.7. The quantitative estimate of drug-likeness (QED) is 0.645. The van der Waals surface area contributed by atoms with Gasteiger partial charge in [-0.25, -0.2) is 8.42 Å². The first kappa shape index (κ1) is 24.1. The monoisotopic (exact) mass is 470 g/mol. The second-order valence-corrected chi connectivity index (χ2v) is 9.66. The highest BCUT2D eigenvalue weighted by Crippen LogP contribution is 2.33. The van der Waals surface area contributed by atoms with Crippen LogP contribution in [-0.2, 0) is 27.5 Å². The number of carbonyl (C=O) groups excluding carboxylic acids is 1. The van der Waals surface area contributed by atoms with Crippen molar-refractivity contribution in [1.29, 1.82) is 0 Å². The standard InChI is InChI=1S/C22H25F3N2O4S/c1-26(14-16-6-3-4-8-20(16)22(23,24)25)21(28)17-7-5-13-27(15-17)32(29,30)19-11-9-18(31-2)10-12-19/h3-4,6,8-12,17H,5,7,13-15H2,1-2H3. The number of halogens is 3. The van der Waals surface area contributed by atoms with Crippen molar-refractivity contribution in [2.45, 2.75) is 30.5 Å². The van der Waals surface area contributed by atoms with Gasteiger partial charge in [-0.15, -0.1) is 0 Å². The summed E-state index contributed by atoms with van der Waals surface area (Å²) in [5.74, 6) is -0.479. The number of methoxy groups -OCH3 is 1. The van der Waals surface area contributed by atoms with Gasteiger partial charge in [-0.05, 0) is 48.7 Å². The van der Waals surface area contributed by atoms with Gasteiger partial charge in [-0.2, -0.15) is 17.5 Å². The van der Waals surface area contributed by atoms with Crippen LogP contribution in [0.25, 0.3) is 0 Å². The van der Waals surface area contributed by atoms with Gasteiger partial charge in [0.25, 0.3) is 0 Å². The fourth-order valence-corrected chi connectivity index (χ4v) is 5.36. The number of benzene rings is 2. The van der Waals surface area contributed by atoms with Crippen LogP contribution in [0.2, 0.25) is 0 Å². The molecular weight excluding hydrogens is 445 g/mol. The van der Waals surface area contributed by atoms with Gasteiger partial charge < -0.3 is 9.64 Å². The molecular formula is C22H25F3N2O4S. The lowest BCUT2D eigenvalue weighted by molar-refractivity contribution is -0.140. The van der Waals surface area contributed by atoms with Crippen molar-refractivity contribution in [3.8, 4) is 5.75 Å². The Bertz CT molecular complexity index is 1060. The number of carbonyl (C=O) groups is 1. The summed E-state index contributed by atoms with van der Waals surface area (Å²) in [5.41, 5.74) is -0.790. The number of hydrogen-bond donors (Lipinski definition) is 0. The van der Waals surface area contributed by atoms with Crippen LogP contribution >= 0.6 is 0 Å². The molecule has 0 radical (unpaired) electrons. The molecule has 0 aromatic heterocycles. The van der Waals surface area contributed by atoms with E-state index in [1.807, 2.05) is 0 Å². The van der Waals surface area contributed by atoms with Crippen LogP contribution in [0.1, 0.15) is 24.0 Å². The smallest absolute Gasteiger partial charge is 0.416 e. The summed E-state index contributed by atoms with van der Waals surface area (Å²) in [5, 5.41) is 0. The Balaban J connectivity index is 1.73. The maximum absolute atomic E-state index is 13.3. The Morgan fingerprint density at radius 2 is 1.81 bits per heavy atom. The van der Waals surface area contributed by atoms with E-state index < -0.39 is 27.7 Å². The third-order valence-corrected chi connectivity index (χ3v) is 7.42. The molecule has 10 heteroatoms. The topological polar surface area (TPSA) is 66.9 Å². The van der Waals surface area contributed by atoms with Crippen LogP contribution in [0.4, 0.5) is 13.2 Å². The predicted octanol–water partition coefficient (Wildman–Crippen LogP) is 3.77. The number of alkyl halides is 3. The van der Waals surface area contributed by atoms with Crippen molar-refractivity contribution < 1.29 is 31.1 Å². The second-order valence-electron chi connectivity index (χ2n) is 7.73. The number of piperidine rings is 1. The summed E-state index contributed by atoms with van der Waals surface area (Å²) < 4.78 is 72.1. The van der Waals surface area contributed by atoms with Gasteiger partial charge in [0.15, 0.2) is 0 Å². The van der Waals surface area contributed by atoms with Gasteiger partial charge >= 0.3 is 6.18 Å². The molecule has 0 saturated carbocycles. The van der Waals surface area contributed by atoms with Gasteiger partial charge in [0.05, 0.1) is 23.5 Å². The zero-order valence-corrected chi connectivity index (χ0v) is 18.6. The summed E-state index contributed by atoms with van der Waals surface area (Å²) in [7, 11) is -0.889. The highest BCUT2D eigenvalue weighted by Gasteiger charge is 2.36. The molecule has 1 unspecified atom stereocenters. The minimum absolute atomic E-state index is 0.00521. The fraction of sp³-hybridized carbons (Fsp3) is 0.409. The van der Waals surface area contributed by atoms with Crippen LogP contribution in [-0.4, -0.2) is 50.8 Å². The van der Waals surface area contributed by atoms with E-state index in [4.69, 9.17) is 4.74 Å². The first-order valence-electron chi connectivity index (χ1n) is 10.1. The Kier molecular flexibility index (Phi) is 7.14. The fourth-order valence-electron chi connectivity index (χ4n) is 3.84. The van der Waals surface area contributed by atoms with Crippen LogP contribution in [0.15, 0.2) is 53.4 Å². The molecule has 0 aliphatic carbocycles. The Morgan fingerprint density at radius 3 is 2.44 bits per heavy atom. The third kappa shape index (κ3) is 5.24. The lowest BCUT2D eigenvalue weighted by Gasteiger charge is -2.33. The molecule has 3 rings (SSSR count). The molecule has 174 valence electrons. The molecule has 32 heavy (non-hydrogen) atoms. The summed E-state index contributed by atoms with van der Waals surface area (Å²) in [6.07, 6.45) is -3.56. The lowest BCUT2D eigenvalue weighted by Crippen LogP contribution is -2.45. The van der Waals surface area contributed by atoms with Crippen LogP contribution in [0.5, 0.6) is 5.75 Å². The van der Waals surface area contributed by atoms with E-state index >= 15 is 0 Å². The van der Waals surface area contributed by atoms with Gasteiger partial charge in [-0.1, -0.05) is 18.2 Å². The van der Waals surface area contributed by atoms with Crippen LogP contribution in [0, 0.1) is 5.92 Å². The number of ether oxygens (including phenoxy) is 1. The predicted molar refractivity (Wildman–Crippen MR) is 112 cm³/mol. The van der Waals surface area contributed by atoms with E-state index in [1.165, 1.54) is 53.7 Å². The van der Waals surface area contributed by atoms with E-state index in [-0.39, 0.29) is 36.0 Å². The number of hydrogen-bond acceptors (Lipinski definition) is 4. The van der Waals surface area contributed by atoms with Crippen LogP contribution < -0.4 is 4.74 Å². The van der Waals surface area contributed by atoms with Gasteiger partial charge in [0.2, 0.25) is 15.9 Å². The molecule has 0 spiro atoms. The highest BCUT2D eigenvalue weighted by atomic mass is 32.2. The molecule has 6 nitrogen and oxygen atoms in total. The van der Waals surface area contributed by atoms with Crippen molar-refractivity contribution >= 4 is 15.9 Å². The van der Waals surface area contributed by atoms with Gasteiger partial charge in [0.1, 0.15) is 5.75 Å². The Labute approximate surface area is 185 Å². The average molecular weight is 471 g/mol. The summed E-state index contributed by atoms with van der Waals surface area (Å²) in [4.78, 5) is 14.3. The third-order valence-electron chi connectivity index (χ3n) is 5.54. The lowest BCUT2D eigenvalue weighted by atomic mass is 9.97. The summed E-state index contributed by atoms with van der Waals surface area (Å²) in [6, 6.07) is 11.1. The molecule has 2 aromatic carbocycles. The van der Waals surface area contributed by atoms with Crippen LogP contribution in [0.3, 0.4) is 0 Å². The molecule has 2 aromatic rings. The number of sulfonamides is 1. The molecule has 0 N–H and O–H groups in total. The highest BCUT2D eigenvalue weighted by molar-refractivity contribution is 7.89. The minimum Gasteiger partial charge on any atom is -0.497 e. The van der Waals surface area contributed by atoms with Crippen molar-refractivity contribution in [1.82, 2.24) is 9.21 Å². The molecule has 1 heterocycles. The Hall–Kier alpha value is -2.59. The maximum atomic E-state index is 13.3. The first-order valence-corrected chi connectivity index (χ1v) is 11.5. The first-order chi connectivity index (χ1) is 15.0. The van der Waals surface area contributed by atoms with E-state index in [2.05, 4.69) is 0 Å². The second kappa shape index (κ2) is 9.50. The minimum atomic E-state index is -4.52. The van der Waals surface area contributed by atoms with E-state index in [1.54, 1.807) is 12.1 Å². The van der Waals surface area contributed by atoms with Gasteiger partial charge in [0, 0.05) is 26.7 Å². The molecule has 1 amide bonds. The zero-order chi connectivity index (χ0) is 23.5. The van der Waals surface area contributed by atoms with Crippen molar-refractivity contribution in [2.24, 2.45) is 5.92 Å². The van der Waals surface area contributed by atoms with Crippen molar-refractivity contribution in [3.05, 3.63) is 59.7 Å². The van der Waals surface area contributed by atoms with Crippen molar-refractivity contribution in [3.63, 3.8) is 0 Å². The Morgan fingerprint density at radius 1 is 1.16 bits per heavy atom. The molecule has 1 aliphatic rings. The summed E-state index contributed by atoms with van der Waals surface area (Å²) >= 11 is 0. The number of nitrogens with zero attached hydrogens (tertiary/aromatic N) is 2. The van der Waals surface area contributed by atoms with E-state index in [0.717, 1.165) is 6.07 Å². The van der Waals surface area contributed by atoms with E-state index in [9.17, 15) is 26.4 Å². The number of amides is 1. The SMILES string of the molecule is COc1ccc(S(=O)(=O)N2CCCC(C(=O)N(C)Cc3ccccc3C(F)(F)F)C2)cc1. The molecule has 1 aliphatic heterocycles. The maximum Gasteiger partial charge on any atom is 0.416 e. The van der Waals surface area contributed by atoms with Gasteiger partial charge in [-0.3, -0.25) is 4.79 Å². The van der Waals surface area contributed by atoms with Crippen molar-refractivity contribution in [2.75, 3.05) is 27.2 Å². The summed E-state index contributed by atoms with van der Waals surface area (Å²) in [6.45, 7) is 0.0491. The van der Waals surface area contributed by atoms with E-state index in [0.29, 0.717) is 18.6 Å². The zero-order valence-electron chi connectivity index (χ0n) is 17.8. The molecule has 1 fully saturated rings. The average Bonchev–Trinajstić information content (AvgIpc) is 2.78.